The van der Waals surface area contributed by atoms with E-state index in [1.165, 1.54) is 17.5 Å². The van der Waals surface area contributed by atoms with E-state index in [1.807, 2.05) is 30.9 Å². The van der Waals surface area contributed by atoms with Crippen molar-refractivity contribution in [2.75, 3.05) is 6.54 Å². The predicted octanol–water partition coefficient (Wildman–Crippen LogP) is 3.10. The number of H-pyrrole nitrogens is 1. The number of amides is 2. The Labute approximate surface area is 157 Å². The zero-order chi connectivity index (χ0) is 19.0. The normalized spacial score (nSPS) is 15.0. The minimum absolute atomic E-state index is 0.0271. The van der Waals surface area contributed by atoms with Gasteiger partial charge >= 0.3 is 0 Å². The second kappa shape index (κ2) is 6.95. The molecule has 1 aliphatic heterocycles. The molecule has 140 valence electrons. The molecule has 1 atom stereocenters. The Morgan fingerprint density at radius 3 is 2.74 bits per heavy atom. The van der Waals surface area contributed by atoms with Crippen LogP contribution in [0.5, 0.6) is 0 Å². The Hall–Kier alpha value is -3.02. The van der Waals surface area contributed by atoms with Gasteiger partial charge in [0.25, 0.3) is 5.91 Å². The summed E-state index contributed by atoms with van der Waals surface area (Å²) in [7, 11) is 0. The minimum Gasteiger partial charge on any atom is -0.459 e. The number of aromatic amines is 1. The Morgan fingerprint density at radius 1 is 1.19 bits per heavy atom. The Bertz CT molecular complexity index is 972. The molecule has 4 rings (SSSR count). The summed E-state index contributed by atoms with van der Waals surface area (Å²) in [5.74, 6) is -0.232. The van der Waals surface area contributed by atoms with Gasteiger partial charge in [0.2, 0.25) is 5.91 Å². The van der Waals surface area contributed by atoms with E-state index in [9.17, 15) is 9.59 Å². The van der Waals surface area contributed by atoms with Gasteiger partial charge in [-0.1, -0.05) is 32.0 Å². The van der Waals surface area contributed by atoms with Crippen molar-refractivity contribution in [3.05, 3.63) is 59.7 Å². The molecule has 6 heteroatoms. The largest absolute Gasteiger partial charge is 0.459 e. The Morgan fingerprint density at radius 2 is 2.00 bits per heavy atom. The van der Waals surface area contributed by atoms with E-state index in [0.717, 1.165) is 17.3 Å². The van der Waals surface area contributed by atoms with Crippen LogP contribution in [-0.4, -0.2) is 34.3 Å². The average molecular weight is 365 g/mol. The van der Waals surface area contributed by atoms with Crippen LogP contribution in [0.15, 0.2) is 47.1 Å². The van der Waals surface area contributed by atoms with Gasteiger partial charge in [-0.2, -0.15) is 0 Å². The number of fused-ring (bicyclic) bond motifs is 3. The van der Waals surface area contributed by atoms with E-state index >= 15 is 0 Å². The topological polar surface area (TPSA) is 78.3 Å². The zero-order valence-corrected chi connectivity index (χ0v) is 15.5. The number of furan rings is 1. The highest BCUT2D eigenvalue weighted by molar-refractivity contribution is 5.96. The molecular weight excluding hydrogens is 342 g/mol. The molecule has 0 bridgehead atoms. The van der Waals surface area contributed by atoms with Gasteiger partial charge in [-0.05, 0) is 24.1 Å². The molecule has 0 fully saturated rings. The third kappa shape index (κ3) is 3.23. The van der Waals surface area contributed by atoms with Crippen molar-refractivity contribution in [3.8, 4) is 0 Å². The van der Waals surface area contributed by atoms with Crippen molar-refractivity contribution in [3.63, 3.8) is 0 Å². The maximum Gasteiger partial charge on any atom is 0.287 e. The summed E-state index contributed by atoms with van der Waals surface area (Å²) in [4.78, 5) is 30.8. The van der Waals surface area contributed by atoms with Crippen LogP contribution in [0, 0.1) is 5.92 Å². The van der Waals surface area contributed by atoms with Gasteiger partial charge in [0.1, 0.15) is 6.04 Å². The van der Waals surface area contributed by atoms with Crippen LogP contribution >= 0.6 is 0 Å². The molecule has 2 N–H and O–H groups in total. The first-order chi connectivity index (χ1) is 13.0. The van der Waals surface area contributed by atoms with E-state index < -0.39 is 6.04 Å². The van der Waals surface area contributed by atoms with Crippen molar-refractivity contribution < 1.29 is 14.0 Å². The van der Waals surface area contributed by atoms with Crippen molar-refractivity contribution in [2.24, 2.45) is 5.92 Å². The van der Waals surface area contributed by atoms with Gasteiger partial charge in [0.15, 0.2) is 5.76 Å². The lowest BCUT2D eigenvalue weighted by atomic mass is 9.99. The fourth-order valence-electron chi connectivity index (χ4n) is 3.68. The van der Waals surface area contributed by atoms with Gasteiger partial charge in [-0.25, -0.2) is 0 Å². The molecule has 0 saturated heterocycles. The molecule has 6 nitrogen and oxygen atoms in total. The smallest absolute Gasteiger partial charge is 0.287 e. The molecule has 27 heavy (non-hydrogen) atoms. The molecule has 0 spiro atoms. The lowest BCUT2D eigenvalue weighted by Crippen LogP contribution is -2.52. The number of nitrogens with zero attached hydrogens (tertiary/aromatic N) is 1. The quantitative estimate of drug-likeness (QED) is 0.746. The molecule has 1 aromatic carbocycles. The molecule has 3 aromatic rings. The average Bonchev–Trinajstić information content (AvgIpc) is 3.32. The van der Waals surface area contributed by atoms with Crippen molar-refractivity contribution >= 4 is 22.7 Å². The molecular formula is C21H23N3O3. The summed E-state index contributed by atoms with van der Waals surface area (Å²) >= 11 is 0. The number of hydrogen-bond acceptors (Lipinski definition) is 3. The first kappa shape index (κ1) is 17.4. The van der Waals surface area contributed by atoms with Crippen LogP contribution < -0.4 is 5.32 Å². The number of nitrogens with one attached hydrogen (secondary N) is 2. The summed E-state index contributed by atoms with van der Waals surface area (Å²) in [5, 5.41) is 4.00. The number of benzene rings is 1. The number of aromatic nitrogens is 1. The van der Waals surface area contributed by atoms with Crippen molar-refractivity contribution in [2.45, 2.75) is 32.9 Å². The third-order valence-electron chi connectivity index (χ3n) is 5.16. The molecule has 0 saturated carbocycles. The Kier molecular flexibility index (Phi) is 4.48. The summed E-state index contributed by atoms with van der Waals surface area (Å²) in [6.07, 6.45) is 2.23. The number of carbonyl (C=O) groups is 2. The van der Waals surface area contributed by atoms with Gasteiger partial charge in [0.05, 0.1) is 6.26 Å². The minimum atomic E-state index is -0.589. The SMILES string of the molecule is CC(C)[C@H](NC(=O)c1ccco1)C(=O)N1CCc2[nH]c3ccccc3c2C1. The van der Waals surface area contributed by atoms with Crippen LogP contribution in [0.25, 0.3) is 10.9 Å². The number of carbonyl (C=O) groups excluding carboxylic acids is 2. The van der Waals surface area contributed by atoms with E-state index in [-0.39, 0.29) is 23.5 Å². The van der Waals surface area contributed by atoms with Crippen molar-refractivity contribution in [1.82, 2.24) is 15.2 Å². The molecule has 2 amide bonds. The first-order valence-electron chi connectivity index (χ1n) is 9.26. The number of para-hydroxylation sites is 1. The highest BCUT2D eigenvalue weighted by Crippen LogP contribution is 2.28. The maximum absolute atomic E-state index is 13.2. The highest BCUT2D eigenvalue weighted by Gasteiger charge is 2.32. The van der Waals surface area contributed by atoms with Crippen molar-refractivity contribution in [1.29, 1.82) is 0 Å². The van der Waals surface area contributed by atoms with E-state index in [2.05, 4.69) is 22.4 Å². The van der Waals surface area contributed by atoms with Crippen LogP contribution in [0.3, 0.4) is 0 Å². The molecule has 2 aromatic heterocycles. The van der Waals surface area contributed by atoms with Crippen LogP contribution in [-0.2, 0) is 17.8 Å². The molecule has 3 heterocycles. The van der Waals surface area contributed by atoms with Gasteiger partial charge in [-0.15, -0.1) is 0 Å². The monoisotopic (exact) mass is 365 g/mol. The summed E-state index contributed by atoms with van der Waals surface area (Å²) < 4.78 is 5.14. The van der Waals surface area contributed by atoms with Crippen LogP contribution in [0.4, 0.5) is 0 Å². The standard InChI is InChI=1S/C21H23N3O3/c1-13(2)19(23-20(25)18-8-5-11-27-18)21(26)24-10-9-17-15(12-24)14-6-3-4-7-16(14)22-17/h3-8,11,13,19,22H,9-10,12H2,1-2H3,(H,23,25)/t19-/m0/s1. The van der Waals surface area contributed by atoms with Crippen LogP contribution in [0.1, 0.15) is 35.7 Å². The third-order valence-corrected chi connectivity index (χ3v) is 5.16. The molecule has 1 aliphatic rings. The zero-order valence-electron chi connectivity index (χ0n) is 15.5. The molecule has 0 aliphatic carbocycles. The van der Waals surface area contributed by atoms with E-state index in [0.29, 0.717) is 13.1 Å². The van der Waals surface area contributed by atoms with Gasteiger partial charge in [-0.3, -0.25) is 9.59 Å². The summed E-state index contributed by atoms with van der Waals surface area (Å²) in [5.41, 5.74) is 3.47. The summed E-state index contributed by atoms with van der Waals surface area (Å²) in [6.45, 7) is 5.06. The molecule has 0 unspecified atom stereocenters. The first-order valence-corrected chi connectivity index (χ1v) is 9.26. The van der Waals surface area contributed by atoms with Gasteiger partial charge < -0.3 is 19.6 Å². The molecule has 0 radical (unpaired) electrons. The number of rotatable bonds is 4. The van der Waals surface area contributed by atoms with Crippen LogP contribution in [0.2, 0.25) is 0 Å². The second-order valence-corrected chi connectivity index (χ2v) is 7.31. The fourth-order valence-corrected chi connectivity index (χ4v) is 3.68. The lowest BCUT2D eigenvalue weighted by molar-refractivity contribution is -0.135. The van der Waals surface area contributed by atoms with E-state index in [4.69, 9.17) is 4.42 Å². The lowest BCUT2D eigenvalue weighted by Gasteiger charge is -2.32. The predicted molar refractivity (Wildman–Crippen MR) is 102 cm³/mol. The number of hydrogen-bond donors (Lipinski definition) is 2. The highest BCUT2D eigenvalue weighted by atomic mass is 16.3. The maximum atomic E-state index is 13.2. The van der Waals surface area contributed by atoms with E-state index in [1.54, 1.807) is 12.1 Å². The second-order valence-electron chi connectivity index (χ2n) is 7.31. The summed E-state index contributed by atoms with van der Waals surface area (Å²) in [6, 6.07) is 10.8. The fraction of sp³-hybridized carbons (Fsp3) is 0.333. The van der Waals surface area contributed by atoms with Gasteiger partial charge in [0, 0.05) is 41.7 Å². The Balaban J connectivity index is 1.54.